The van der Waals surface area contributed by atoms with Gasteiger partial charge in [0.25, 0.3) is 0 Å². The fourth-order valence-electron chi connectivity index (χ4n) is 3.85. The number of nitrogens with two attached hydrogens (primary N) is 1. The average molecular weight is 354 g/mol. The summed E-state index contributed by atoms with van der Waals surface area (Å²) in [7, 11) is 0. The highest BCUT2D eigenvalue weighted by molar-refractivity contribution is 5.85. The van der Waals surface area contributed by atoms with Gasteiger partial charge in [-0.15, -0.1) is 12.4 Å². The van der Waals surface area contributed by atoms with E-state index in [1.807, 2.05) is 11.0 Å². The quantitative estimate of drug-likeness (QED) is 0.855. The lowest BCUT2D eigenvalue weighted by molar-refractivity contribution is -0.135. The van der Waals surface area contributed by atoms with Crippen molar-refractivity contribution in [2.45, 2.75) is 45.7 Å². The number of carbonyl (C=O) groups is 1. The molecular formula is C19H32ClN3O. The molecule has 0 unspecified atom stereocenters. The molecule has 0 spiro atoms. The zero-order valence-corrected chi connectivity index (χ0v) is 16.1. The van der Waals surface area contributed by atoms with Gasteiger partial charge in [0.05, 0.1) is 6.54 Å². The minimum Gasteiger partial charge on any atom is -0.337 e. The predicted octanol–water partition coefficient (Wildman–Crippen LogP) is 2.73. The molecule has 0 radical (unpaired) electrons. The number of amides is 1. The van der Waals surface area contributed by atoms with E-state index in [2.05, 4.69) is 56.9 Å². The molecule has 1 saturated heterocycles. The van der Waals surface area contributed by atoms with Crippen LogP contribution in [0.2, 0.25) is 0 Å². The van der Waals surface area contributed by atoms with Crippen molar-refractivity contribution >= 4 is 18.3 Å². The van der Waals surface area contributed by atoms with Crippen molar-refractivity contribution in [3.63, 3.8) is 0 Å². The number of halogens is 1. The summed E-state index contributed by atoms with van der Waals surface area (Å²) in [6.07, 6.45) is 0. The van der Waals surface area contributed by atoms with Crippen molar-refractivity contribution in [2.24, 2.45) is 11.7 Å². The highest BCUT2D eigenvalue weighted by Gasteiger charge is 2.34. The summed E-state index contributed by atoms with van der Waals surface area (Å²) in [6.45, 7) is 11.3. The minimum atomic E-state index is 0. The molecule has 24 heavy (non-hydrogen) atoms. The van der Waals surface area contributed by atoms with Crippen LogP contribution in [0.25, 0.3) is 0 Å². The summed E-state index contributed by atoms with van der Waals surface area (Å²) >= 11 is 0. The largest absolute Gasteiger partial charge is 0.337 e. The molecule has 2 rings (SSSR count). The van der Waals surface area contributed by atoms with Crippen LogP contribution in [0.1, 0.15) is 39.2 Å². The summed E-state index contributed by atoms with van der Waals surface area (Å²) in [4.78, 5) is 16.9. The maximum absolute atomic E-state index is 12.7. The number of carbonyl (C=O) groups excluding carboxylic acids is 1. The molecular weight excluding hydrogens is 322 g/mol. The Bertz CT molecular complexity index is 499. The first-order valence-electron chi connectivity index (χ1n) is 8.72. The lowest BCUT2D eigenvalue weighted by Crippen LogP contribution is -2.46. The molecule has 0 bridgehead atoms. The van der Waals surface area contributed by atoms with E-state index < -0.39 is 0 Å². The normalized spacial score (nSPS) is 21.1. The van der Waals surface area contributed by atoms with Crippen LogP contribution in [0.5, 0.6) is 0 Å². The predicted molar refractivity (Wildman–Crippen MR) is 103 cm³/mol. The van der Waals surface area contributed by atoms with E-state index >= 15 is 0 Å². The Hall–Kier alpha value is -1.10. The van der Waals surface area contributed by atoms with Gasteiger partial charge in [0.2, 0.25) is 5.91 Å². The number of likely N-dealkylation sites (tertiary alicyclic amines) is 1. The van der Waals surface area contributed by atoms with Gasteiger partial charge in [-0.25, -0.2) is 0 Å². The van der Waals surface area contributed by atoms with E-state index in [9.17, 15) is 4.79 Å². The number of benzene rings is 1. The van der Waals surface area contributed by atoms with Crippen LogP contribution in [0.4, 0.5) is 0 Å². The van der Waals surface area contributed by atoms with Crippen molar-refractivity contribution in [1.82, 2.24) is 9.80 Å². The van der Waals surface area contributed by atoms with E-state index in [0.717, 1.165) is 13.1 Å². The third kappa shape index (κ3) is 4.95. The van der Waals surface area contributed by atoms with E-state index in [1.54, 1.807) is 0 Å². The maximum Gasteiger partial charge on any atom is 0.237 e. The number of nitrogens with zero attached hydrogens (tertiary/aromatic N) is 2. The molecule has 1 amide bonds. The van der Waals surface area contributed by atoms with Crippen molar-refractivity contribution in [3.05, 3.63) is 35.9 Å². The molecule has 1 aliphatic heterocycles. The van der Waals surface area contributed by atoms with Crippen LogP contribution in [0.15, 0.2) is 30.3 Å². The van der Waals surface area contributed by atoms with E-state index in [-0.39, 0.29) is 30.4 Å². The number of hydrogen-bond acceptors (Lipinski definition) is 3. The molecule has 1 aromatic rings. The Kier molecular flexibility index (Phi) is 8.20. The molecule has 136 valence electrons. The molecule has 1 heterocycles. The van der Waals surface area contributed by atoms with Gasteiger partial charge in [-0.1, -0.05) is 30.3 Å². The molecule has 2 N–H and O–H groups in total. The second kappa shape index (κ2) is 9.40. The van der Waals surface area contributed by atoms with Crippen molar-refractivity contribution in [1.29, 1.82) is 0 Å². The molecule has 0 aromatic heterocycles. The van der Waals surface area contributed by atoms with Crippen molar-refractivity contribution < 1.29 is 4.79 Å². The first kappa shape index (κ1) is 20.9. The van der Waals surface area contributed by atoms with Gasteiger partial charge >= 0.3 is 0 Å². The Labute approximate surface area is 152 Å². The van der Waals surface area contributed by atoms with Crippen LogP contribution >= 0.6 is 12.4 Å². The highest BCUT2D eigenvalue weighted by Crippen LogP contribution is 2.31. The minimum absolute atomic E-state index is 0. The van der Waals surface area contributed by atoms with Gasteiger partial charge in [-0.3, -0.25) is 9.69 Å². The van der Waals surface area contributed by atoms with Crippen LogP contribution in [-0.4, -0.2) is 54.0 Å². The first-order chi connectivity index (χ1) is 10.9. The number of rotatable bonds is 6. The smallest absolute Gasteiger partial charge is 0.237 e. The molecule has 0 aliphatic carbocycles. The topological polar surface area (TPSA) is 49.6 Å². The Morgan fingerprint density at radius 3 is 2.25 bits per heavy atom. The Morgan fingerprint density at radius 1 is 1.17 bits per heavy atom. The molecule has 1 aliphatic rings. The van der Waals surface area contributed by atoms with Crippen molar-refractivity contribution in [2.75, 3.05) is 26.2 Å². The molecule has 2 atom stereocenters. The first-order valence-corrected chi connectivity index (χ1v) is 8.72. The third-order valence-electron chi connectivity index (χ3n) is 4.81. The second-order valence-electron chi connectivity index (χ2n) is 7.20. The van der Waals surface area contributed by atoms with Gasteiger partial charge in [0, 0.05) is 31.1 Å². The molecule has 4 nitrogen and oxygen atoms in total. The molecule has 5 heteroatoms. The molecule has 1 fully saturated rings. The Balaban J connectivity index is 0.00000288. The molecule has 0 saturated carbocycles. The summed E-state index contributed by atoms with van der Waals surface area (Å²) in [6, 6.07) is 11.0. The fraction of sp³-hybridized carbons (Fsp3) is 0.632. The zero-order valence-electron chi connectivity index (χ0n) is 15.3. The van der Waals surface area contributed by atoms with Crippen LogP contribution in [0.3, 0.4) is 0 Å². The Morgan fingerprint density at radius 2 is 1.75 bits per heavy atom. The summed E-state index contributed by atoms with van der Waals surface area (Å²) < 4.78 is 0. The second-order valence-corrected chi connectivity index (χ2v) is 7.20. The zero-order chi connectivity index (χ0) is 17.0. The van der Waals surface area contributed by atoms with Gasteiger partial charge in [0.1, 0.15) is 0 Å². The van der Waals surface area contributed by atoms with Gasteiger partial charge in [0.15, 0.2) is 0 Å². The average Bonchev–Trinajstić information content (AvgIpc) is 2.90. The maximum atomic E-state index is 12.7. The monoisotopic (exact) mass is 353 g/mol. The SMILES string of the molecule is CC(C)N(C(=O)CN1C[C@@H](CN)[C@H](c2ccccc2)C1)C(C)C.Cl. The number of hydrogen-bond donors (Lipinski definition) is 1. The molecule has 1 aromatic carbocycles. The van der Waals surface area contributed by atoms with Crippen LogP contribution < -0.4 is 5.73 Å². The third-order valence-corrected chi connectivity index (χ3v) is 4.81. The summed E-state index contributed by atoms with van der Waals surface area (Å²) in [5, 5.41) is 0. The van der Waals surface area contributed by atoms with Crippen molar-refractivity contribution in [3.8, 4) is 0 Å². The van der Waals surface area contributed by atoms with Gasteiger partial charge < -0.3 is 10.6 Å². The summed E-state index contributed by atoms with van der Waals surface area (Å²) in [5.41, 5.74) is 7.32. The van der Waals surface area contributed by atoms with E-state index in [0.29, 0.717) is 24.9 Å². The van der Waals surface area contributed by atoms with E-state index in [4.69, 9.17) is 5.73 Å². The van der Waals surface area contributed by atoms with E-state index in [1.165, 1.54) is 5.56 Å². The van der Waals surface area contributed by atoms with Gasteiger partial charge in [-0.05, 0) is 45.7 Å². The van der Waals surface area contributed by atoms with Gasteiger partial charge in [-0.2, -0.15) is 0 Å². The van der Waals surface area contributed by atoms with Crippen LogP contribution in [-0.2, 0) is 4.79 Å². The highest BCUT2D eigenvalue weighted by atomic mass is 35.5. The lowest BCUT2D eigenvalue weighted by atomic mass is 9.89. The fourth-order valence-corrected chi connectivity index (χ4v) is 3.85. The lowest BCUT2D eigenvalue weighted by Gasteiger charge is -2.32. The standard InChI is InChI=1S/C19H31N3O.ClH/c1-14(2)22(15(3)4)19(23)13-21-11-17(10-20)18(12-21)16-8-6-5-7-9-16;/h5-9,14-15,17-18H,10-13,20H2,1-4H3;1H/t17-,18+;/m1./s1. The van der Waals surface area contributed by atoms with Crippen LogP contribution in [0, 0.1) is 5.92 Å². The summed E-state index contributed by atoms with van der Waals surface area (Å²) in [5.74, 6) is 1.08.